The van der Waals surface area contributed by atoms with Crippen LogP contribution < -0.4 is 10.0 Å². The lowest BCUT2D eigenvalue weighted by Crippen LogP contribution is -2.44. The molecule has 0 aliphatic rings. The number of carbonyl (C=O) groups excluding carboxylic acids is 1. The van der Waals surface area contributed by atoms with Gasteiger partial charge in [-0.25, -0.2) is 13.1 Å². The minimum Gasteiger partial charge on any atom is -0.351 e. The lowest BCUT2D eigenvalue weighted by atomic mass is 10.3. The average molecular weight is 288 g/mol. The van der Waals surface area contributed by atoms with Crippen molar-refractivity contribution in [1.82, 2.24) is 19.8 Å². The van der Waals surface area contributed by atoms with Gasteiger partial charge < -0.3 is 5.32 Å². The summed E-state index contributed by atoms with van der Waals surface area (Å²) in [5.74, 6) is -0.367. The van der Waals surface area contributed by atoms with Crippen LogP contribution in [0.4, 0.5) is 0 Å². The molecule has 0 bridgehead atoms. The summed E-state index contributed by atoms with van der Waals surface area (Å²) >= 11 is 0. The summed E-state index contributed by atoms with van der Waals surface area (Å²) in [6.07, 6.45) is 5.55. The molecule has 0 aromatic carbocycles. The molecule has 0 saturated heterocycles. The average Bonchev–Trinajstić information content (AvgIpc) is 2.72. The van der Waals surface area contributed by atoms with E-state index in [-0.39, 0.29) is 5.91 Å². The van der Waals surface area contributed by atoms with Gasteiger partial charge in [0.15, 0.2) is 0 Å². The van der Waals surface area contributed by atoms with Gasteiger partial charge in [-0.2, -0.15) is 5.10 Å². The molecule has 1 rings (SSSR count). The Morgan fingerprint density at radius 3 is 2.79 bits per heavy atom. The van der Waals surface area contributed by atoms with Crippen molar-refractivity contribution < 1.29 is 13.2 Å². The summed E-state index contributed by atoms with van der Waals surface area (Å²) in [7, 11) is -3.38. The van der Waals surface area contributed by atoms with Crippen molar-refractivity contribution in [1.29, 1.82) is 0 Å². The molecule has 1 amide bonds. The van der Waals surface area contributed by atoms with E-state index in [9.17, 15) is 13.2 Å². The van der Waals surface area contributed by atoms with Gasteiger partial charge in [-0.05, 0) is 13.3 Å². The molecule has 0 aliphatic carbocycles. The highest BCUT2D eigenvalue weighted by Gasteiger charge is 2.16. The topological polar surface area (TPSA) is 93.1 Å². The van der Waals surface area contributed by atoms with Crippen LogP contribution in [0.2, 0.25) is 0 Å². The molecule has 108 valence electrons. The fraction of sp³-hybridized carbons (Fsp3) is 0.636. The summed E-state index contributed by atoms with van der Waals surface area (Å²) in [4.78, 5) is 11.7. The minimum absolute atomic E-state index is 0.332. The third-order valence-corrected chi connectivity index (χ3v) is 3.17. The van der Waals surface area contributed by atoms with Crippen LogP contribution >= 0.6 is 0 Å². The quantitative estimate of drug-likeness (QED) is 0.729. The smallest absolute Gasteiger partial charge is 0.238 e. The number of amides is 1. The Labute approximate surface area is 113 Å². The standard InChI is InChI=1S/C11H20N4O3S/c1-4-5-15-8-10(7-13-15)6-12-11(16)9(2)14-19(3,17)18/h7-9,14H,4-6H2,1-3H3,(H,12,16)/t9-/m0/s1. The van der Waals surface area contributed by atoms with Gasteiger partial charge in [0.25, 0.3) is 0 Å². The van der Waals surface area contributed by atoms with Crippen LogP contribution in [0.3, 0.4) is 0 Å². The fourth-order valence-corrected chi connectivity index (χ4v) is 2.32. The van der Waals surface area contributed by atoms with Gasteiger partial charge in [-0.1, -0.05) is 6.92 Å². The zero-order chi connectivity index (χ0) is 14.5. The first-order chi connectivity index (χ1) is 8.81. The van der Waals surface area contributed by atoms with Crippen molar-refractivity contribution in [2.75, 3.05) is 6.26 Å². The van der Waals surface area contributed by atoms with Crippen molar-refractivity contribution in [2.45, 2.75) is 39.4 Å². The zero-order valence-electron chi connectivity index (χ0n) is 11.4. The SMILES string of the molecule is CCCn1cc(CNC(=O)[C@H](C)NS(C)(=O)=O)cn1. The van der Waals surface area contributed by atoms with E-state index >= 15 is 0 Å². The summed E-state index contributed by atoms with van der Waals surface area (Å²) in [5, 5.41) is 6.80. The summed E-state index contributed by atoms with van der Waals surface area (Å²) in [6.45, 7) is 4.72. The Balaban J connectivity index is 2.44. The van der Waals surface area contributed by atoms with Crippen LogP contribution in [-0.4, -0.2) is 36.4 Å². The number of sulfonamides is 1. The first-order valence-electron chi connectivity index (χ1n) is 6.08. The Hall–Kier alpha value is -1.41. The Kier molecular flexibility index (Phi) is 5.49. The maximum absolute atomic E-state index is 11.7. The van der Waals surface area contributed by atoms with E-state index in [2.05, 4.69) is 22.1 Å². The van der Waals surface area contributed by atoms with Gasteiger partial charge in [-0.3, -0.25) is 9.48 Å². The van der Waals surface area contributed by atoms with Crippen LogP contribution in [0.15, 0.2) is 12.4 Å². The van der Waals surface area contributed by atoms with Crippen LogP contribution in [-0.2, 0) is 27.9 Å². The molecule has 0 saturated carbocycles. The van der Waals surface area contributed by atoms with Crippen LogP contribution in [0.25, 0.3) is 0 Å². The number of nitrogens with one attached hydrogen (secondary N) is 2. The highest BCUT2D eigenvalue weighted by Crippen LogP contribution is 1.98. The Morgan fingerprint density at radius 2 is 2.21 bits per heavy atom. The van der Waals surface area contributed by atoms with Crippen molar-refractivity contribution in [3.63, 3.8) is 0 Å². The second kappa shape index (κ2) is 6.67. The predicted molar refractivity (Wildman–Crippen MR) is 71.8 cm³/mol. The first kappa shape index (κ1) is 15.6. The summed E-state index contributed by atoms with van der Waals surface area (Å²) in [6, 6.07) is -0.791. The summed E-state index contributed by atoms with van der Waals surface area (Å²) in [5.41, 5.74) is 0.883. The maximum atomic E-state index is 11.7. The second-order valence-corrected chi connectivity index (χ2v) is 6.22. The number of aryl methyl sites for hydroxylation is 1. The molecular weight excluding hydrogens is 268 g/mol. The number of nitrogens with zero attached hydrogens (tertiary/aromatic N) is 2. The summed E-state index contributed by atoms with van der Waals surface area (Å²) < 4.78 is 26.0. The molecular formula is C11H20N4O3S. The zero-order valence-corrected chi connectivity index (χ0v) is 12.2. The molecule has 19 heavy (non-hydrogen) atoms. The van der Waals surface area contributed by atoms with Crippen LogP contribution in [0.1, 0.15) is 25.8 Å². The molecule has 0 unspecified atom stereocenters. The molecule has 0 radical (unpaired) electrons. The van der Waals surface area contributed by atoms with Gasteiger partial charge in [0, 0.05) is 24.8 Å². The molecule has 8 heteroatoms. The normalized spacial score (nSPS) is 13.2. The molecule has 7 nitrogen and oxygen atoms in total. The van der Waals surface area contributed by atoms with E-state index in [0.717, 1.165) is 24.8 Å². The van der Waals surface area contributed by atoms with Crippen molar-refractivity contribution in [3.05, 3.63) is 18.0 Å². The molecule has 0 spiro atoms. The molecule has 1 aromatic rings. The maximum Gasteiger partial charge on any atom is 0.238 e. The first-order valence-corrected chi connectivity index (χ1v) is 7.97. The van der Waals surface area contributed by atoms with E-state index in [1.807, 2.05) is 6.20 Å². The van der Waals surface area contributed by atoms with E-state index in [4.69, 9.17) is 0 Å². The third kappa shape index (κ3) is 5.84. The second-order valence-electron chi connectivity index (χ2n) is 4.44. The van der Waals surface area contributed by atoms with Gasteiger partial charge in [-0.15, -0.1) is 0 Å². The highest BCUT2D eigenvalue weighted by atomic mass is 32.2. The molecule has 0 fully saturated rings. The van der Waals surface area contributed by atoms with E-state index in [0.29, 0.717) is 6.54 Å². The predicted octanol–water partition coefficient (Wildman–Crippen LogP) is -0.153. The third-order valence-electron chi connectivity index (χ3n) is 2.39. The van der Waals surface area contributed by atoms with Crippen molar-refractivity contribution in [3.8, 4) is 0 Å². The lowest BCUT2D eigenvalue weighted by molar-refractivity contribution is -0.122. The fourth-order valence-electron chi connectivity index (χ4n) is 1.57. The van der Waals surface area contributed by atoms with Gasteiger partial charge in [0.1, 0.15) is 0 Å². The number of rotatable bonds is 7. The minimum atomic E-state index is -3.38. The Bertz CT molecular complexity index is 524. The lowest BCUT2D eigenvalue weighted by Gasteiger charge is -2.11. The van der Waals surface area contributed by atoms with Crippen molar-refractivity contribution >= 4 is 15.9 Å². The number of hydrogen-bond donors (Lipinski definition) is 2. The molecule has 0 aliphatic heterocycles. The largest absolute Gasteiger partial charge is 0.351 e. The van der Waals surface area contributed by atoms with Crippen LogP contribution in [0, 0.1) is 0 Å². The number of hydrogen-bond acceptors (Lipinski definition) is 4. The van der Waals surface area contributed by atoms with Gasteiger partial charge >= 0.3 is 0 Å². The monoisotopic (exact) mass is 288 g/mol. The number of carbonyl (C=O) groups is 1. The van der Waals surface area contributed by atoms with Gasteiger partial charge in [0.05, 0.1) is 18.5 Å². The molecule has 2 N–H and O–H groups in total. The van der Waals surface area contributed by atoms with E-state index in [1.165, 1.54) is 6.92 Å². The van der Waals surface area contributed by atoms with E-state index < -0.39 is 16.1 Å². The molecule has 1 heterocycles. The number of aromatic nitrogens is 2. The van der Waals surface area contributed by atoms with E-state index in [1.54, 1.807) is 10.9 Å². The van der Waals surface area contributed by atoms with Crippen molar-refractivity contribution in [2.24, 2.45) is 0 Å². The van der Waals surface area contributed by atoms with Crippen LogP contribution in [0.5, 0.6) is 0 Å². The Morgan fingerprint density at radius 1 is 1.53 bits per heavy atom. The highest BCUT2D eigenvalue weighted by molar-refractivity contribution is 7.88. The molecule has 1 aromatic heterocycles. The molecule has 1 atom stereocenters. The van der Waals surface area contributed by atoms with Gasteiger partial charge in [0.2, 0.25) is 15.9 Å².